The van der Waals surface area contributed by atoms with E-state index in [9.17, 15) is 14.7 Å². The summed E-state index contributed by atoms with van der Waals surface area (Å²) in [5.74, 6) is 0.506. The molecule has 5 heterocycles. The molecule has 37 heavy (non-hydrogen) atoms. The predicted octanol–water partition coefficient (Wildman–Crippen LogP) is 0.779. The standard InChI is InChI=1S/C29H33N3O4.Na/c33-24(10-1-11-25(34)35)32-22-16-18-6-2-12-30-14-4-8-20(26(18)30)28(22)36-29-21-9-5-15-31-13-3-7-19(27(21)31)17-23(29)32;/h16-17H,1-15H2,(H,34,35);/q;+1/p-1. The number of rotatable bonds is 4. The van der Waals surface area contributed by atoms with Gasteiger partial charge in [-0.25, -0.2) is 0 Å². The number of aliphatic carboxylic acids is 1. The van der Waals surface area contributed by atoms with Crippen LogP contribution >= 0.6 is 0 Å². The summed E-state index contributed by atoms with van der Waals surface area (Å²) >= 11 is 0. The summed E-state index contributed by atoms with van der Waals surface area (Å²) < 4.78 is 6.89. The van der Waals surface area contributed by atoms with Crippen LogP contribution in [-0.2, 0) is 35.3 Å². The fraction of sp³-hybridized carbons (Fsp3) is 0.517. The normalized spacial score (nSPS) is 18.5. The Kier molecular flexibility index (Phi) is 6.66. The van der Waals surface area contributed by atoms with Crippen molar-refractivity contribution in [3.05, 3.63) is 34.4 Å². The number of amides is 1. The zero-order valence-electron chi connectivity index (χ0n) is 21.7. The molecule has 7 rings (SSSR count). The van der Waals surface area contributed by atoms with Crippen LogP contribution in [0, 0.1) is 0 Å². The number of hydrogen-bond acceptors (Lipinski definition) is 6. The summed E-state index contributed by atoms with van der Waals surface area (Å²) in [7, 11) is 0. The molecular formula is C29H32N3NaO4. The van der Waals surface area contributed by atoms with E-state index in [0.717, 1.165) is 100 Å². The predicted molar refractivity (Wildman–Crippen MR) is 137 cm³/mol. The van der Waals surface area contributed by atoms with Gasteiger partial charge in [0.25, 0.3) is 0 Å². The van der Waals surface area contributed by atoms with E-state index in [1.807, 2.05) is 4.90 Å². The second-order valence-electron chi connectivity index (χ2n) is 10.9. The average Bonchev–Trinajstić information content (AvgIpc) is 2.88. The first-order valence-corrected chi connectivity index (χ1v) is 13.7. The van der Waals surface area contributed by atoms with Crippen LogP contribution in [0.15, 0.2) is 12.1 Å². The molecule has 0 aliphatic carbocycles. The summed E-state index contributed by atoms with van der Waals surface area (Å²) in [6.45, 7) is 4.31. The molecule has 2 aromatic rings. The van der Waals surface area contributed by atoms with E-state index in [2.05, 4.69) is 21.9 Å². The molecule has 0 unspecified atom stereocenters. The molecule has 0 saturated carbocycles. The van der Waals surface area contributed by atoms with Crippen molar-refractivity contribution in [1.29, 1.82) is 0 Å². The molecule has 0 fully saturated rings. The quantitative estimate of drug-likeness (QED) is 0.567. The number of benzene rings is 2. The molecule has 0 radical (unpaired) electrons. The van der Waals surface area contributed by atoms with Crippen molar-refractivity contribution in [3.63, 3.8) is 0 Å². The number of aryl methyl sites for hydroxylation is 2. The van der Waals surface area contributed by atoms with Crippen molar-refractivity contribution in [2.24, 2.45) is 0 Å². The third kappa shape index (κ3) is 4.05. The Labute approximate surface area is 240 Å². The Morgan fingerprint density at radius 3 is 1.73 bits per heavy atom. The number of carboxylic acid groups (broad SMARTS) is 1. The molecule has 0 N–H and O–H groups in total. The SMILES string of the molecule is O=C([O-])CCCC(=O)N1c2cc3c4c(c2Oc2c1cc1c5c2CCCN5CCC1)CCCN4CCC3.[Na+]. The van der Waals surface area contributed by atoms with Gasteiger partial charge in [0.1, 0.15) is 0 Å². The smallest absolute Gasteiger partial charge is 0.550 e. The molecular weight excluding hydrogens is 477 g/mol. The van der Waals surface area contributed by atoms with Gasteiger partial charge >= 0.3 is 29.6 Å². The van der Waals surface area contributed by atoms with Gasteiger partial charge in [0, 0.05) is 61.1 Å². The van der Waals surface area contributed by atoms with Crippen LogP contribution in [0.25, 0.3) is 0 Å². The molecule has 188 valence electrons. The molecule has 2 aromatic carbocycles. The first-order chi connectivity index (χ1) is 17.6. The maximum absolute atomic E-state index is 13.8. The van der Waals surface area contributed by atoms with Gasteiger partial charge in [-0.1, -0.05) is 0 Å². The second kappa shape index (κ2) is 9.83. The topological polar surface area (TPSA) is 76.1 Å². The van der Waals surface area contributed by atoms with Gasteiger partial charge in [0.05, 0.1) is 11.4 Å². The summed E-state index contributed by atoms with van der Waals surface area (Å²) in [5, 5.41) is 11.1. The van der Waals surface area contributed by atoms with Crippen LogP contribution in [0.3, 0.4) is 0 Å². The van der Waals surface area contributed by atoms with E-state index in [1.54, 1.807) is 0 Å². The number of carboxylic acids is 1. The van der Waals surface area contributed by atoms with Gasteiger partial charge in [-0.3, -0.25) is 9.69 Å². The number of nitrogens with zero attached hydrogens (tertiary/aromatic N) is 3. The van der Waals surface area contributed by atoms with E-state index in [4.69, 9.17) is 4.74 Å². The van der Waals surface area contributed by atoms with Crippen molar-refractivity contribution in [2.45, 2.75) is 70.6 Å². The number of anilines is 4. The van der Waals surface area contributed by atoms with Gasteiger partial charge in [-0.2, -0.15) is 0 Å². The maximum Gasteiger partial charge on any atom is 1.00 e. The van der Waals surface area contributed by atoms with Gasteiger partial charge in [0.15, 0.2) is 11.5 Å². The molecule has 5 aliphatic heterocycles. The summed E-state index contributed by atoms with van der Waals surface area (Å²) in [5.41, 5.74) is 9.43. The first kappa shape index (κ1) is 25.1. The maximum atomic E-state index is 13.8. The van der Waals surface area contributed by atoms with Crippen molar-refractivity contribution >= 4 is 34.6 Å². The van der Waals surface area contributed by atoms with Gasteiger partial charge in [-0.05, 0) is 87.5 Å². The number of hydrogen-bond donors (Lipinski definition) is 0. The van der Waals surface area contributed by atoms with Crippen molar-refractivity contribution in [3.8, 4) is 11.5 Å². The molecule has 0 bridgehead atoms. The Morgan fingerprint density at radius 1 is 0.757 bits per heavy atom. The molecule has 0 spiro atoms. The first-order valence-electron chi connectivity index (χ1n) is 13.7. The Bertz CT molecular complexity index is 1210. The van der Waals surface area contributed by atoms with Crippen LogP contribution in [-0.4, -0.2) is 38.1 Å². The van der Waals surface area contributed by atoms with Gasteiger partial charge in [-0.15, -0.1) is 0 Å². The van der Waals surface area contributed by atoms with E-state index in [1.165, 1.54) is 33.6 Å². The van der Waals surface area contributed by atoms with E-state index in [-0.39, 0.29) is 54.7 Å². The largest absolute Gasteiger partial charge is 1.00 e. The van der Waals surface area contributed by atoms with E-state index in [0.29, 0.717) is 0 Å². The molecule has 0 aromatic heterocycles. The fourth-order valence-corrected chi connectivity index (χ4v) is 7.18. The number of carbonyl (C=O) groups excluding carboxylic acids is 2. The second-order valence-corrected chi connectivity index (χ2v) is 10.9. The molecule has 0 saturated heterocycles. The molecule has 5 aliphatic rings. The number of ether oxygens (including phenoxy) is 1. The van der Waals surface area contributed by atoms with Crippen molar-refractivity contribution in [1.82, 2.24) is 0 Å². The Morgan fingerprint density at radius 2 is 1.24 bits per heavy atom. The molecule has 7 nitrogen and oxygen atoms in total. The van der Waals surface area contributed by atoms with Gasteiger partial charge in [0.2, 0.25) is 5.91 Å². The van der Waals surface area contributed by atoms with E-state index < -0.39 is 5.97 Å². The summed E-state index contributed by atoms with van der Waals surface area (Å²) in [6, 6.07) is 4.37. The summed E-state index contributed by atoms with van der Waals surface area (Å²) in [4.78, 5) is 31.8. The van der Waals surface area contributed by atoms with Crippen LogP contribution in [0.4, 0.5) is 22.7 Å². The minimum atomic E-state index is -1.11. The molecule has 0 atom stereocenters. The van der Waals surface area contributed by atoms with Gasteiger partial charge < -0.3 is 24.4 Å². The molecule has 8 heteroatoms. The molecule has 1 amide bonds. The summed E-state index contributed by atoms with van der Waals surface area (Å²) in [6.07, 6.45) is 8.69. The minimum Gasteiger partial charge on any atom is -0.550 e. The van der Waals surface area contributed by atoms with Crippen LogP contribution in [0.2, 0.25) is 0 Å². The average molecular weight is 510 g/mol. The monoisotopic (exact) mass is 509 g/mol. The van der Waals surface area contributed by atoms with Crippen molar-refractivity contribution in [2.75, 3.05) is 40.9 Å². The third-order valence-corrected chi connectivity index (χ3v) is 8.61. The number of fused-ring (bicyclic) bond motifs is 4. The fourth-order valence-electron chi connectivity index (χ4n) is 7.18. The Hall–Kier alpha value is -2.22. The van der Waals surface area contributed by atoms with Crippen LogP contribution in [0.1, 0.15) is 67.2 Å². The van der Waals surface area contributed by atoms with Crippen LogP contribution < -0.4 is 54.1 Å². The number of carbonyl (C=O) groups is 2. The third-order valence-electron chi connectivity index (χ3n) is 8.61. The van der Waals surface area contributed by atoms with Crippen molar-refractivity contribution < 1.29 is 49.0 Å². The minimum absolute atomic E-state index is 0. The van der Waals surface area contributed by atoms with Crippen LogP contribution in [0.5, 0.6) is 11.5 Å². The van der Waals surface area contributed by atoms with E-state index >= 15 is 0 Å². The zero-order valence-corrected chi connectivity index (χ0v) is 23.7. The Balaban J connectivity index is 0.00000252. The zero-order chi connectivity index (χ0) is 24.4.